The topological polar surface area (TPSA) is 50.8 Å². The molecule has 0 atom stereocenters. The number of ether oxygens (including phenoxy) is 2. The van der Waals surface area contributed by atoms with Crippen molar-refractivity contribution in [1.29, 1.82) is 0 Å². The maximum atomic E-state index is 11.6. The fraction of sp³-hybridized carbons (Fsp3) is 0.632. The van der Waals surface area contributed by atoms with Crippen LogP contribution in [0.2, 0.25) is 0 Å². The second kappa shape index (κ2) is 10.2. The predicted octanol–water partition coefficient (Wildman–Crippen LogP) is 3.47. The molecule has 24 heavy (non-hydrogen) atoms. The van der Waals surface area contributed by atoms with Crippen LogP contribution >= 0.6 is 0 Å². The lowest BCUT2D eigenvalue weighted by Gasteiger charge is -2.19. The summed E-state index contributed by atoms with van der Waals surface area (Å²) in [5.41, 5.74) is 0.691. The maximum absolute atomic E-state index is 11.6. The van der Waals surface area contributed by atoms with Gasteiger partial charge < -0.3 is 19.7 Å². The number of benzene rings is 1. The number of alkyl carbamates (subject to hydrolysis) is 1. The van der Waals surface area contributed by atoms with Gasteiger partial charge in [0.2, 0.25) is 0 Å². The lowest BCUT2D eigenvalue weighted by Crippen LogP contribution is -2.33. The molecule has 0 saturated carbocycles. The van der Waals surface area contributed by atoms with Crippen molar-refractivity contribution >= 4 is 6.09 Å². The molecule has 1 amide bonds. The zero-order valence-electron chi connectivity index (χ0n) is 15.7. The highest BCUT2D eigenvalue weighted by atomic mass is 16.6. The van der Waals surface area contributed by atoms with Crippen molar-refractivity contribution in [2.45, 2.75) is 46.6 Å². The SMILES string of the molecule is CCN(CC)CCOc1ccc(CCNC(=O)OC(C)(C)C)cc1. The zero-order chi connectivity index (χ0) is 18.0. The number of carbonyl (C=O) groups is 1. The van der Waals surface area contributed by atoms with Crippen molar-refractivity contribution in [3.8, 4) is 5.75 Å². The fourth-order valence-electron chi connectivity index (χ4n) is 2.21. The summed E-state index contributed by atoms with van der Waals surface area (Å²) in [6.45, 7) is 14.1. The van der Waals surface area contributed by atoms with Crippen molar-refractivity contribution in [2.75, 3.05) is 32.8 Å². The second-order valence-corrected chi connectivity index (χ2v) is 6.70. The molecule has 0 fully saturated rings. The van der Waals surface area contributed by atoms with E-state index >= 15 is 0 Å². The Morgan fingerprint density at radius 1 is 1.12 bits per heavy atom. The van der Waals surface area contributed by atoms with Crippen LogP contribution in [0, 0.1) is 0 Å². The maximum Gasteiger partial charge on any atom is 0.407 e. The molecular formula is C19H32N2O3. The van der Waals surface area contributed by atoms with Gasteiger partial charge in [0.1, 0.15) is 18.0 Å². The molecule has 5 heteroatoms. The number of carbonyl (C=O) groups excluding carboxylic acids is 1. The van der Waals surface area contributed by atoms with Crippen LogP contribution in [0.1, 0.15) is 40.2 Å². The Balaban J connectivity index is 2.28. The van der Waals surface area contributed by atoms with Crippen LogP contribution < -0.4 is 10.1 Å². The van der Waals surface area contributed by atoms with Gasteiger partial charge in [-0.15, -0.1) is 0 Å². The minimum Gasteiger partial charge on any atom is -0.492 e. The number of hydrogen-bond donors (Lipinski definition) is 1. The van der Waals surface area contributed by atoms with Gasteiger partial charge in [-0.05, 0) is 58.0 Å². The van der Waals surface area contributed by atoms with Crippen molar-refractivity contribution in [3.05, 3.63) is 29.8 Å². The van der Waals surface area contributed by atoms with Crippen LogP contribution in [0.3, 0.4) is 0 Å². The molecule has 0 saturated heterocycles. The van der Waals surface area contributed by atoms with E-state index in [0.29, 0.717) is 13.2 Å². The van der Waals surface area contributed by atoms with E-state index in [2.05, 4.69) is 24.1 Å². The van der Waals surface area contributed by atoms with E-state index in [1.165, 1.54) is 0 Å². The summed E-state index contributed by atoms with van der Waals surface area (Å²) in [7, 11) is 0. The third-order valence-electron chi connectivity index (χ3n) is 3.58. The Morgan fingerprint density at radius 3 is 2.29 bits per heavy atom. The Labute approximate surface area is 146 Å². The molecule has 136 valence electrons. The molecule has 0 aliphatic rings. The number of nitrogens with zero attached hydrogens (tertiary/aromatic N) is 1. The first-order chi connectivity index (χ1) is 11.3. The number of hydrogen-bond acceptors (Lipinski definition) is 4. The summed E-state index contributed by atoms with van der Waals surface area (Å²) in [5.74, 6) is 0.881. The smallest absolute Gasteiger partial charge is 0.407 e. The van der Waals surface area contributed by atoms with Gasteiger partial charge in [0, 0.05) is 13.1 Å². The summed E-state index contributed by atoms with van der Waals surface area (Å²) in [5, 5.41) is 2.76. The lowest BCUT2D eigenvalue weighted by atomic mass is 10.1. The van der Waals surface area contributed by atoms with Crippen molar-refractivity contribution < 1.29 is 14.3 Å². The standard InChI is InChI=1S/C19H32N2O3/c1-6-21(7-2)14-15-23-17-10-8-16(9-11-17)12-13-20-18(22)24-19(3,4)5/h8-11H,6-7,12-15H2,1-5H3,(H,20,22). The van der Waals surface area contributed by atoms with Crippen molar-refractivity contribution in [1.82, 2.24) is 10.2 Å². The van der Waals surface area contributed by atoms with E-state index in [0.717, 1.165) is 37.4 Å². The van der Waals surface area contributed by atoms with Gasteiger partial charge in [-0.3, -0.25) is 0 Å². The van der Waals surface area contributed by atoms with Crippen LogP contribution in [0.4, 0.5) is 4.79 Å². The first kappa shape index (κ1) is 20.3. The number of amides is 1. The van der Waals surface area contributed by atoms with E-state index in [4.69, 9.17) is 9.47 Å². The first-order valence-corrected chi connectivity index (χ1v) is 8.75. The molecule has 0 aromatic heterocycles. The third kappa shape index (κ3) is 8.77. The van der Waals surface area contributed by atoms with E-state index in [1.807, 2.05) is 45.0 Å². The van der Waals surface area contributed by atoms with Gasteiger partial charge in [-0.1, -0.05) is 26.0 Å². The molecule has 5 nitrogen and oxygen atoms in total. The van der Waals surface area contributed by atoms with Crippen LogP contribution in [0.5, 0.6) is 5.75 Å². The van der Waals surface area contributed by atoms with Crippen molar-refractivity contribution in [3.63, 3.8) is 0 Å². The number of likely N-dealkylation sites (N-methyl/N-ethyl adjacent to an activating group) is 1. The van der Waals surface area contributed by atoms with Crippen LogP contribution in [0.15, 0.2) is 24.3 Å². The molecule has 1 aromatic carbocycles. The number of rotatable bonds is 9. The Bertz CT molecular complexity index is 476. The monoisotopic (exact) mass is 336 g/mol. The van der Waals surface area contributed by atoms with Gasteiger partial charge in [0.05, 0.1) is 0 Å². The van der Waals surface area contributed by atoms with Crippen LogP contribution in [-0.2, 0) is 11.2 Å². The minimum absolute atomic E-state index is 0.376. The summed E-state index contributed by atoms with van der Waals surface area (Å²) < 4.78 is 11.0. The highest BCUT2D eigenvalue weighted by Gasteiger charge is 2.15. The van der Waals surface area contributed by atoms with Crippen LogP contribution in [-0.4, -0.2) is 49.4 Å². The molecule has 1 rings (SSSR count). The summed E-state index contributed by atoms with van der Waals surface area (Å²) in [6.07, 6.45) is 0.387. The molecule has 1 aromatic rings. The Hall–Kier alpha value is -1.75. The summed E-state index contributed by atoms with van der Waals surface area (Å²) >= 11 is 0. The highest BCUT2D eigenvalue weighted by molar-refractivity contribution is 5.67. The van der Waals surface area contributed by atoms with Gasteiger partial charge in [-0.25, -0.2) is 4.79 Å². The predicted molar refractivity (Wildman–Crippen MR) is 97.7 cm³/mol. The van der Waals surface area contributed by atoms with Gasteiger partial charge in [-0.2, -0.15) is 0 Å². The molecule has 0 radical (unpaired) electrons. The highest BCUT2D eigenvalue weighted by Crippen LogP contribution is 2.12. The third-order valence-corrected chi connectivity index (χ3v) is 3.58. The van der Waals surface area contributed by atoms with Gasteiger partial charge >= 0.3 is 6.09 Å². The van der Waals surface area contributed by atoms with E-state index in [1.54, 1.807) is 0 Å². The van der Waals surface area contributed by atoms with E-state index in [-0.39, 0.29) is 6.09 Å². The average Bonchev–Trinajstić information content (AvgIpc) is 2.51. The first-order valence-electron chi connectivity index (χ1n) is 8.75. The van der Waals surface area contributed by atoms with Crippen LogP contribution in [0.25, 0.3) is 0 Å². The van der Waals surface area contributed by atoms with E-state index < -0.39 is 5.60 Å². The minimum atomic E-state index is -0.464. The quantitative estimate of drug-likeness (QED) is 0.750. The molecule has 0 heterocycles. The Morgan fingerprint density at radius 2 is 1.75 bits per heavy atom. The molecule has 1 N–H and O–H groups in total. The summed E-state index contributed by atoms with van der Waals surface area (Å²) in [6, 6.07) is 8.02. The molecule has 0 aliphatic carbocycles. The lowest BCUT2D eigenvalue weighted by molar-refractivity contribution is 0.0528. The molecular weight excluding hydrogens is 304 g/mol. The molecule has 0 bridgehead atoms. The molecule has 0 spiro atoms. The second-order valence-electron chi connectivity index (χ2n) is 6.70. The summed E-state index contributed by atoms with van der Waals surface area (Å²) in [4.78, 5) is 13.9. The molecule has 0 aliphatic heterocycles. The molecule has 0 unspecified atom stereocenters. The van der Waals surface area contributed by atoms with E-state index in [9.17, 15) is 4.79 Å². The Kier molecular flexibility index (Phi) is 8.61. The zero-order valence-corrected chi connectivity index (χ0v) is 15.7. The number of nitrogens with one attached hydrogen (secondary N) is 1. The van der Waals surface area contributed by atoms with Gasteiger partial charge in [0.15, 0.2) is 0 Å². The van der Waals surface area contributed by atoms with Crippen molar-refractivity contribution in [2.24, 2.45) is 0 Å². The van der Waals surface area contributed by atoms with Gasteiger partial charge in [0.25, 0.3) is 0 Å². The average molecular weight is 336 g/mol. The largest absolute Gasteiger partial charge is 0.492 e. The fourth-order valence-corrected chi connectivity index (χ4v) is 2.21. The normalized spacial score (nSPS) is 11.4.